The van der Waals surface area contributed by atoms with E-state index in [2.05, 4.69) is 4.89 Å². The molecule has 0 atom stereocenters. The predicted molar refractivity (Wildman–Crippen MR) is 80.5 cm³/mol. The van der Waals surface area contributed by atoms with Crippen LogP contribution in [0.4, 0.5) is 10.5 Å². The quantitative estimate of drug-likeness (QED) is 0.336. The van der Waals surface area contributed by atoms with E-state index in [0.717, 1.165) is 11.1 Å². The number of ether oxygens (including phenoxy) is 1. The number of hydrogen-bond donors (Lipinski definition) is 0. The topological polar surface area (TPSA) is 87.9 Å². The Morgan fingerprint density at radius 1 is 1.00 bits per heavy atom. The van der Waals surface area contributed by atoms with Gasteiger partial charge in [-0.25, -0.2) is 4.79 Å². The van der Waals surface area contributed by atoms with Gasteiger partial charge in [0.15, 0.2) is 0 Å². The average molecular weight is 317 g/mol. The van der Waals surface area contributed by atoms with Crippen molar-refractivity contribution in [2.75, 3.05) is 6.61 Å². The van der Waals surface area contributed by atoms with E-state index >= 15 is 0 Å². The second kappa shape index (κ2) is 8.50. The summed E-state index contributed by atoms with van der Waals surface area (Å²) in [4.78, 5) is 30.6. The monoisotopic (exact) mass is 317 g/mol. The standard InChI is InChI=1S/C16H15NO6/c18-16(23-22-12-14-4-2-1-3-5-14)21-11-10-13-6-8-15(9-7-13)17(19)20/h1-9H,10-12H2. The number of carbonyl (C=O) groups excluding carboxylic acids is 1. The van der Waals surface area contributed by atoms with Crippen LogP contribution in [0.3, 0.4) is 0 Å². The van der Waals surface area contributed by atoms with Gasteiger partial charge in [-0.1, -0.05) is 42.5 Å². The predicted octanol–water partition coefficient (Wildman–Crippen LogP) is 3.42. The van der Waals surface area contributed by atoms with E-state index in [1.54, 1.807) is 12.1 Å². The van der Waals surface area contributed by atoms with E-state index in [4.69, 9.17) is 9.62 Å². The number of carbonyl (C=O) groups is 1. The highest BCUT2D eigenvalue weighted by Crippen LogP contribution is 2.12. The van der Waals surface area contributed by atoms with Gasteiger partial charge < -0.3 is 4.74 Å². The Balaban J connectivity index is 1.63. The van der Waals surface area contributed by atoms with Crippen molar-refractivity contribution in [1.82, 2.24) is 0 Å². The molecular formula is C16H15NO6. The lowest BCUT2D eigenvalue weighted by atomic mass is 10.1. The van der Waals surface area contributed by atoms with Gasteiger partial charge in [0.2, 0.25) is 0 Å². The molecule has 0 heterocycles. The van der Waals surface area contributed by atoms with Gasteiger partial charge in [-0.3, -0.25) is 15.0 Å². The van der Waals surface area contributed by atoms with E-state index in [0.29, 0.717) is 6.42 Å². The van der Waals surface area contributed by atoms with Gasteiger partial charge in [-0.15, -0.1) is 0 Å². The van der Waals surface area contributed by atoms with Gasteiger partial charge in [-0.05, 0) is 11.1 Å². The molecule has 2 aromatic carbocycles. The molecule has 2 rings (SSSR count). The first kappa shape index (κ1) is 16.4. The van der Waals surface area contributed by atoms with Crippen LogP contribution in [0.15, 0.2) is 54.6 Å². The third-order valence-electron chi connectivity index (χ3n) is 2.95. The summed E-state index contributed by atoms with van der Waals surface area (Å²) in [5.74, 6) is 0. The molecule has 0 N–H and O–H groups in total. The van der Waals surface area contributed by atoms with Crippen LogP contribution in [-0.4, -0.2) is 17.7 Å². The number of nitrogens with zero attached hydrogens (tertiary/aromatic N) is 1. The Bertz CT molecular complexity index is 641. The Labute approximate surface area is 132 Å². The maximum atomic E-state index is 11.3. The third kappa shape index (κ3) is 5.76. The summed E-state index contributed by atoms with van der Waals surface area (Å²) >= 11 is 0. The van der Waals surface area contributed by atoms with Crippen molar-refractivity contribution in [1.29, 1.82) is 0 Å². The van der Waals surface area contributed by atoms with Crippen molar-refractivity contribution in [3.63, 3.8) is 0 Å². The first-order valence-corrected chi connectivity index (χ1v) is 6.88. The molecular weight excluding hydrogens is 302 g/mol. The normalized spacial score (nSPS) is 10.1. The van der Waals surface area contributed by atoms with Crippen LogP contribution >= 0.6 is 0 Å². The highest BCUT2D eigenvalue weighted by molar-refractivity contribution is 5.58. The van der Waals surface area contributed by atoms with E-state index in [1.165, 1.54) is 12.1 Å². The lowest BCUT2D eigenvalue weighted by Gasteiger charge is -2.05. The zero-order chi connectivity index (χ0) is 16.5. The second-order valence-electron chi connectivity index (χ2n) is 4.60. The van der Waals surface area contributed by atoms with Gasteiger partial charge >= 0.3 is 6.16 Å². The van der Waals surface area contributed by atoms with E-state index in [9.17, 15) is 14.9 Å². The fraction of sp³-hybridized carbons (Fsp3) is 0.188. The summed E-state index contributed by atoms with van der Waals surface area (Å²) in [6.07, 6.45) is -0.506. The maximum absolute atomic E-state index is 11.3. The van der Waals surface area contributed by atoms with Gasteiger partial charge in [0.05, 0.1) is 11.5 Å². The van der Waals surface area contributed by atoms with Gasteiger partial charge in [0.1, 0.15) is 6.61 Å². The number of rotatable bonds is 7. The molecule has 7 heteroatoms. The molecule has 120 valence electrons. The first-order chi connectivity index (χ1) is 11.1. The Morgan fingerprint density at radius 3 is 2.35 bits per heavy atom. The minimum Gasteiger partial charge on any atom is -0.432 e. The molecule has 0 unspecified atom stereocenters. The zero-order valence-corrected chi connectivity index (χ0v) is 12.2. The van der Waals surface area contributed by atoms with Crippen molar-refractivity contribution >= 4 is 11.8 Å². The van der Waals surface area contributed by atoms with Crippen LogP contribution in [0.25, 0.3) is 0 Å². The number of hydrogen-bond acceptors (Lipinski definition) is 6. The van der Waals surface area contributed by atoms with Crippen molar-refractivity contribution in [2.45, 2.75) is 13.0 Å². The van der Waals surface area contributed by atoms with Crippen molar-refractivity contribution in [3.05, 3.63) is 75.8 Å². The summed E-state index contributed by atoms with van der Waals surface area (Å²) in [6.45, 7) is 0.226. The van der Waals surface area contributed by atoms with Crippen LogP contribution < -0.4 is 0 Å². The summed E-state index contributed by atoms with van der Waals surface area (Å²) < 4.78 is 4.84. The molecule has 0 radical (unpaired) electrons. The number of benzene rings is 2. The lowest BCUT2D eigenvalue weighted by molar-refractivity contribution is -0.384. The molecule has 0 aliphatic carbocycles. The van der Waals surface area contributed by atoms with Crippen molar-refractivity contribution in [2.24, 2.45) is 0 Å². The molecule has 0 saturated carbocycles. The Hall–Kier alpha value is -2.93. The Kier molecular flexibility index (Phi) is 6.07. The highest BCUT2D eigenvalue weighted by Gasteiger charge is 2.07. The van der Waals surface area contributed by atoms with Gasteiger partial charge in [0.25, 0.3) is 5.69 Å². The van der Waals surface area contributed by atoms with Crippen LogP contribution in [0.1, 0.15) is 11.1 Å². The fourth-order valence-corrected chi connectivity index (χ4v) is 1.78. The number of nitro benzene ring substituents is 1. The minimum absolute atomic E-state index is 0.0170. The van der Waals surface area contributed by atoms with Crippen LogP contribution in [0.2, 0.25) is 0 Å². The fourth-order valence-electron chi connectivity index (χ4n) is 1.78. The third-order valence-corrected chi connectivity index (χ3v) is 2.95. The maximum Gasteiger partial charge on any atom is 0.540 e. The van der Waals surface area contributed by atoms with E-state index in [-0.39, 0.29) is 18.9 Å². The lowest BCUT2D eigenvalue weighted by Crippen LogP contribution is -2.10. The Morgan fingerprint density at radius 2 is 1.70 bits per heavy atom. The molecule has 2 aromatic rings. The largest absolute Gasteiger partial charge is 0.540 e. The molecule has 0 fully saturated rings. The molecule has 0 spiro atoms. The minimum atomic E-state index is -0.928. The number of non-ortho nitro benzene ring substituents is 1. The molecule has 0 aromatic heterocycles. The average Bonchev–Trinajstić information content (AvgIpc) is 2.56. The van der Waals surface area contributed by atoms with Crippen molar-refractivity contribution in [3.8, 4) is 0 Å². The second-order valence-corrected chi connectivity index (χ2v) is 4.60. The summed E-state index contributed by atoms with van der Waals surface area (Å²) in [5.41, 5.74) is 1.70. The molecule has 0 aliphatic heterocycles. The molecule has 0 amide bonds. The molecule has 23 heavy (non-hydrogen) atoms. The summed E-state index contributed by atoms with van der Waals surface area (Å²) in [5, 5.41) is 10.5. The van der Waals surface area contributed by atoms with Gasteiger partial charge in [0, 0.05) is 18.6 Å². The molecule has 0 aliphatic rings. The molecule has 7 nitrogen and oxygen atoms in total. The van der Waals surface area contributed by atoms with Crippen LogP contribution in [0.5, 0.6) is 0 Å². The van der Waals surface area contributed by atoms with Gasteiger partial charge in [-0.2, -0.15) is 4.89 Å². The molecule has 0 saturated heterocycles. The smallest absolute Gasteiger partial charge is 0.432 e. The van der Waals surface area contributed by atoms with E-state index in [1.807, 2.05) is 30.3 Å². The molecule has 0 bridgehead atoms. The first-order valence-electron chi connectivity index (χ1n) is 6.88. The number of nitro groups is 1. The summed E-state index contributed by atoms with van der Waals surface area (Å²) in [7, 11) is 0. The highest BCUT2D eigenvalue weighted by atomic mass is 17.2. The van der Waals surface area contributed by atoms with Crippen molar-refractivity contribution < 1.29 is 24.2 Å². The van der Waals surface area contributed by atoms with Crippen LogP contribution in [-0.2, 0) is 27.5 Å². The zero-order valence-electron chi connectivity index (χ0n) is 12.2. The van der Waals surface area contributed by atoms with E-state index < -0.39 is 11.1 Å². The van der Waals surface area contributed by atoms with Crippen LogP contribution in [0, 0.1) is 10.1 Å². The summed E-state index contributed by atoms with van der Waals surface area (Å²) in [6, 6.07) is 15.3. The SMILES string of the molecule is O=C(OCCc1ccc([N+](=O)[O-])cc1)OOCc1ccccc1.